The van der Waals surface area contributed by atoms with Crippen LogP contribution in [0.4, 0.5) is 5.82 Å². The molecule has 4 rings (SSSR count). The van der Waals surface area contributed by atoms with E-state index in [1.165, 1.54) is 28.6 Å². The van der Waals surface area contributed by atoms with Crippen molar-refractivity contribution >= 4 is 45.1 Å². The molecule has 7 heteroatoms. The van der Waals surface area contributed by atoms with Crippen molar-refractivity contribution in [1.82, 2.24) is 9.97 Å². The zero-order valence-electron chi connectivity index (χ0n) is 14.4. The zero-order valence-corrected chi connectivity index (χ0v) is 16.0. The van der Waals surface area contributed by atoms with Crippen LogP contribution in [0.5, 0.6) is 0 Å². The van der Waals surface area contributed by atoms with E-state index in [0.29, 0.717) is 16.5 Å². The number of thioether (sulfide) groups is 1. The summed E-state index contributed by atoms with van der Waals surface area (Å²) in [4.78, 5) is 23.5. The van der Waals surface area contributed by atoms with E-state index >= 15 is 0 Å². The maximum Gasteiger partial charge on any atom is 0.330 e. The summed E-state index contributed by atoms with van der Waals surface area (Å²) in [5.74, 6) is -0.284. The molecule has 2 heterocycles. The summed E-state index contributed by atoms with van der Waals surface area (Å²) in [5.41, 5.74) is 2.00. The van der Waals surface area contributed by atoms with Gasteiger partial charge in [-0.3, -0.25) is 0 Å². The van der Waals surface area contributed by atoms with Crippen LogP contribution in [-0.2, 0) is 17.6 Å². The predicted octanol–water partition coefficient (Wildman–Crippen LogP) is 4.53. The fourth-order valence-electron chi connectivity index (χ4n) is 3.40. The molecule has 1 atom stereocenters. The number of rotatable bonds is 5. The number of anilines is 1. The Morgan fingerprint density at radius 1 is 1.23 bits per heavy atom. The Hall–Kier alpha value is -2.12. The SMILES string of the molecule is CSc1nc(NC(C(=O)O)c2ccccc2)c2c3c(sc2n1)CCCC3. The first kappa shape index (κ1) is 17.3. The number of carboxylic acids is 1. The summed E-state index contributed by atoms with van der Waals surface area (Å²) in [6.07, 6.45) is 6.38. The van der Waals surface area contributed by atoms with Crippen molar-refractivity contribution in [1.29, 1.82) is 0 Å². The average Bonchev–Trinajstić information content (AvgIpc) is 3.04. The molecule has 2 aromatic heterocycles. The number of hydrogen-bond acceptors (Lipinski definition) is 6. The molecule has 0 radical (unpaired) electrons. The van der Waals surface area contributed by atoms with Crippen LogP contribution in [0.2, 0.25) is 0 Å². The fraction of sp³-hybridized carbons (Fsp3) is 0.316. The second-order valence-corrected chi connectivity index (χ2v) is 8.13. The van der Waals surface area contributed by atoms with Gasteiger partial charge in [0.25, 0.3) is 0 Å². The van der Waals surface area contributed by atoms with E-state index in [2.05, 4.69) is 15.3 Å². The molecule has 0 bridgehead atoms. The number of carboxylic acid groups (broad SMARTS) is 1. The molecule has 2 N–H and O–H groups in total. The summed E-state index contributed by atoms with van der Waals surface area (Å²) >= 11 is 3.19. The van der Waals surface area contributed by atoms with Gasteiger partial charge in [-0.15, -0.1) is 11.3 Å². The lowest BCUT2D eigenvalue weighted by atomic mass is 9.97. The van der Waals surface area contributed by atoms with E-state index in [0.717, 1.165) is 29.5 Å². The van der Waals surface area contributed by atoms with Gasteiger partial charge < -0.3 is 10.4 Å². The van der Waals surface area contributed by atoms with Crippen molar-refractivity contribution in [2.24, 2.45) is 0 Å². The first-order valence-electron chi connectivity index (χ1n) is 8.58. The Kier molecular flexibility index (Phi) is 4.82. The smallest absolute Gasteiger partial charge is 0.330 e. The molecule has 0 aliphatic heterocycles. The maximum absolute atomic E-state index is 11.9. The summed E-state index contributed by atoms with van der Waals surface area (Å²) in [6.45, 7) is 0. The number of aliphatic carboxylic acids is 1. The van der Waals surface area contributed by atoms with Gasteiger partial charge in [0.15, 0.2) is 11.2 Å². The second kappa shape index (κ2) is 7.25. The topological polar surface area (TPSA) is 75.1 Å². The lowest BCUT2D eigenvalue weighted by Crippen LogP contribution is -2.21. The number of fused-ring (bicyclic) bond motifs is 3. The number of nitrogens with zero attached hydrogens (tertiary/aromatic N) is 2. The maximum atomic E-state index is 11.9. The molecule has 0 saturated carbocycles. The third-order valence-electron chi connectivity index (χ3n) is 4.64. The van der Waals surface area contributed by atoms with Gasteiger partial charge >= 0.3 is 5.97 Å². The van der Waals surface area contributed by atoms with Crippen LogP contribution in [-0.4, -0.2) is 27.3 Å². The van der Waals surface area contributed by atoms with Crippen molar-refractivity contribution in [2.45, 2.75) is 36.9 Å². The highest BCUT2D eigenvalue weighted by Gasteiger charge is 2.25. The van der Waals surface area contributed by atoms with Crippen LogP contribution in [0.15, 0.2) is 35.5 Å². The predicted molar refractivity (Wildman–Crippen MR) is 106 cm³/mol. The molecule has 3 aromatic rings. The lowest BCUT2D eigenvalue weighted by Gasteiger charge is -2.18. The molecule has 5 nitrogen and oxygen atoms in total. The highest BCUT2D eigenvalue weighted by atomic mass is 32.2. The van der Waals surface area contributed by atoms with Crippen molar-refractivity contribution in [3.05, 3.63) is 46.3 Å². The number of nitrogens with one attached hydrogen (secondary N) is 1. The van der Waals surface area contributed by atoms with E-state index in [1.54, 1.807) is 11.3 Å². The summed E-state index contributed by atoms with van der Waals surface area (Å²) < 4.78 is 0. The normalized spacial score (nSPS) is 14.8. The van der Waals surface area contributed by atoms with Crippen LogP contribution < -0.4 is 5.32 Å². The Morgan fingerprint density at radius 3 is 2.73 bits per heavy atom. The number of thiophene rings is 1. The van der Waals surface area contributed by atoms with E-state index in [1.807, 2.05) is 36.6 Å². The van der Waals surface area contributed by atoms with E-state index in [4.69, 9.17) is 0 Å². The molecule has 26 heavy (non-hydrogen) atoms. The van der Waals surface area contributed by atoms with E-state index < -0.39 is 12.0 Å². The van der Waals surface area contributed by atoms with Crippen LogP contribution in [0.1, 0.15) is 34.9 Å². The fourth-order valence-corrected chi connectivity index (χ4v) is 5.09. The minimum atomic E-state index is -0.919. The molecule has 1 aromatic carbocycles. The third kappa shape index (κ3) is 3.17. The molecular weight excluding hydrogens is 366 g/mol. The molecule has 1 unspecified atom stereocenters. The van der Waals surface area contributed by atoms with Gasteiger partial charge in [0, 0.05) is 4.88 Å². The summed E-state index contributed by atoms with van der Waals surface area (Å²) in [6, 6.07) is 8.38. The zero-order chi connectivity index (χ0) is 18.1. The van der Waals surface area contributed by atoms with Gasteiger partial charge in [-0.1, -0.05) is 42.1 Å². The van der Waals surface area contributed by atoms with Crippen LogP contribution in [0.3, 0.4) is 0 Å². The minimum absolute atomic E-state index is 0.634. The number of carbonyl (C=O) groups is 1. The molecule has 1 aliphatic rings. The first-order chi connectivity index (χ1) is 12.7. The van der Waals surface area contributed by atoms with Gasteiger partial charge in [-0.2, -0.15) is 0 Å². The highest BCUT2D eigenvalue weighted by Crippen LogP contribution is 2.40. The lowest BCUT2D eigenvalue weighted by molar-refractivity contribution is -0.138. The number of benzene rings is 1. The number of aryl methyl sites for hydroxylation is 2. The molecule has 0 fully saturated rings. The second-order valence-electron chi connectivity index (χ2n) is 6.28. The van der Waals surface area contributed by atoms with Crippen molar-refractivity contribution < 1.29 is 9.90 Å². The molecule has 1 aliphatic carbocycles. The largest absolute Gasteiger partial charge is 0.479 e. The average molecular weight is 386 g/mol. The Morgan fingerprint density at radius 2 is 2.00 bits per heavy atom. The standard InChI is InChI=1S/C19H19N3O2S2/c1-25-19-21-16(20-15(18(23)24)11-7-3-2-4-8-11)14-12-9-5-6-10-13(12)26-17(14)22-19/h2-4,7-8,15H,5-6,9-10H2,1H3,(H,23,24)(H,20,21,22). The monoisotopic (exact) mass is 385 g/mol. The first-order valence-corrected chi connectivity index (χ1v) is 10.6. The van der Waals surface area contributed by atoms with Gasteiger partial charge in [0.05, 0.1) is 5.39 Å². The Balaban J connectivity index is 1.84. The van der Waals surface area contributed by atoms with Gasteiger partial charge in [-0.05, 0) is 43.1 Å². The number of hydrogen-bond donors (Lipinski definition) is 2. The van der Waals surface area contributed by atoms with Gasteiger partial charge in [-0.25, -0.2) is 14.8 Å². The molecular formula is C19H19N3O2S2. The summed E-state index contributed by atoms with van der Waals surface area (Å²) in [5, 5.41) is 14.6. The quantitative estimate of drug-likeness (QED) is 0.496. The van der Waals surface area contributed by atoms with E-state index in [9.17, 15) is 9.90 Å². The van der Waals surface area contributed by atoms with Crippen LogP contribution in [0.25, 0.3) is 10.2 Å². The van der Waals surface area contributed by atoms with Crippen molar-refractivity contribution in [2.75, 3.05) is 11.6 Å². The summed E-state index contributed by atoms with van der Waals surface area (Å²) in [7, 11) is 0. The van der Waals surface area contributed by atoms with Gasteiger partial charge in [0.2, 0.25) is 0 Å². The van der Waals surface area contributed by atoms with E-state index in [-0.39, 0.29) is 0 Å². The molecule has 0 amide bonds. The highest BCUT2D eigenvalue weighted by molar-refractivity contribution is 7.98. The minimum Gasteiger partial charge on any atom is -0.479 e. The van der Waals surface area contributed by atoms with Gasteiger partial charge in [0.1, 0.15) is 10.6 Å². The van der Waals surface area contributed by atoms with Crippen LogP contribution >= 0.6 is 23.1 Å². The number of aromatic nitrogens is 2. The Bertz CT molecular complexity index is 956. The molecule has 0 saturated heterocycles. The van der Waals surface area contributed by atoms with Crippen molar-refractivity contribution in [3.8, 4) is 0 Å². The van der Waals surface area contributed by atoms with Crippen molar-refractivity contribution in [3.63, 3.8) is 0 Å². The Labute approximate surface area is 159 Å². The molecule has 0 spiro atoms. The molecule has 134 valence electrons. The third-order valence-corrected chi connectivity index (χ3v) is 6.37. The van der Waals surface area contributed by atoms with Crippen LogP contribution in [0, 0.1) is 0 Å².